The third kappa shape index (κ3) is 3.85. The van der Waals surface area contributed by atoms with Crippen LogP contribution in [0.1, 0.15) is 11.1 Å². The topological polar surface area (TPSA) is 17.1 Å². The highest BCUT2D eigenvalue weighted by atomic mass is 32.2. The minimum absolute atomic E-state index is 0.500. The molecule has 0 unspecified atom stereocenters. The van der Waals surface area contributed by atoms with E-state index in [9.17, 15) is 4.21 Å². The molecule has 0 aromatic heterocycles. The fourth-order valence-corrected chi connectivity index (χ4v) is 3.49. The molecule has 114 valence electrons. The smallest absolute Gasteiger partial charge is 0.0574 e. The molecule has 0 radical (unpaired) electrons. The zero-order valence-electron chi connectivity index (χ0n) is 12.8. The highest BCUT2D eigenvalue weighted by molar-refractivity contribution is 7.93. The van der Waals surface area contributed by atoms with Gasteiger partial charge in [0, 0.05) is 4.91 Å². The van der Waals surface area contributed by atoms with Gasteiger partial charge in [-0.2, -0.15) is 0 Å². The molecular weight excluding hydrogens is 300 g/mol. The number of rotatable bonds is 5. The van der Waals surface area contributed by atoms with E-state index in [4.69, 9.17) is 0 Å². The van der Waals surface area contributed by atoms with Crippen LogP contribution in [0.4, 0.5) is 0 Å². The summed E-state index contributed by atoms with van der Waals surface area (Å²) in [6, 6.07) is 28.2. The van der Waals surface area contributed by atoms with Crippen molar-refractivity contribution in [2.75, 3.05) is 0 Å². The van der Waals surface area contributed by atoms with Crippen LogP contribution in [0.3, 0.4) is 0 Å². The van der Waals surface area contributed by atoms with Crippen LogP contribution < -0.4 is 0 Å². The van der Waals surface area contributed by atoms with Crippen LogP contribution in [-0.2, 0) is 16.6 Å². The van der Waals surface area contributed by atoms with E-state index >= 15 is 0 Å². The van der Waals surface area contributed by atoms with Crippen molar-refractivity contribution in [1.29, 1.82) is 0 Å². The molecule has 1 nitrogen and oxygen atoms in total. The fourth-order valence-electron chi connectivity index (χ4n) is 2.42. The van der Waals surface area contributed by atoms with Crippen molar-refractivity contribution in [2.24, 2.45) is 0 Å². The van der Waals surface area contributed by atoms with E-state index < -0.39 is 10.8 Å². The molecule has 0 saturated carbocycles. The summed E-state index contributed by atoms with van der Waals surface area (Å²) in [4.78, 5) is 0.675. The van der Waals surface area contributed by atoms with E-state index in [-0.39, 0.29) is 0 Å². The molecule has 0 aliphatic carbocycles. The van der Waals surface area contributed by atoms with Gasteiger partial charge in [0.1, 0.15) is 0 Å². The molecule has 0 spiro atoms. The van der Waals surface area contributed by atoms with Crippen LogP contribution in [0.15, 0.2) is 91.5 Å². The summed E-state index contributed by atoms with van der Waals surface area (Å²) in [5.74, 6) is 0.500. The normalized spacial score (nSPS) is 11.8. The minimum Gasteiger partial charge on any atom is -0.254 e. The second-order valence-corrected chi connectivity index (χ2v) is 6.81. The Kier molecular flexibility index (Phi) is 4.84. The molecule has 3 rings (SSSR count). The molecule has 0 amide bonds. The Hall–Kier alpha value is -2.45. The summed E-state index contributed by atoms with van der Waals surface area (Å²) in [5, 5.41) is 0. The SMILES string of the molecule is C=C(c1ccc(-c2ccccc2)cc1)[S@@](=O)Cc1ccccc1. The third-order valence-corrected chi connectivity index (χ3v) is 5.11. The maximum atomic E-state index is 12.5. The molecular formula is C21H18OS. The number of benzene rings is 3. The average molecular weight is 318 g/mol. The van der Waals surface area contributed by atoms with Gasteiger partial charge in [-0.3, -0.25) is 4.21 Å². The molecule has 0 N–H and O–H groups in total. The predicted molar refractivity (Wildman–Crippen MR) is 99.2 cm³/mol. The number of hydrogen-bond donors (Lipinski definition) is 0. The molecule has 3 aromatic carbocycles. The van der Waals surface area contributed by atoms with Gasteiger partial charge in [0.05, 0.1) is 16.6 Å². The van der Waals surface area contributed by atoms with Gasteiger partial charge >= 0.3 is 0 Å². The fraction of sp³-hybridized carbons (Fsp3) is 0.0476. The van der Waals surface area contributed by atoms with Gasteiger partial charge in [-0.05, 0) is 22.3 Å². The van der Waals surface area contributed by atoms with E-state index in [0.717, 1.165) is 16.7 Å². The van der Waals surface area contributed by atoms with E-state index in [1.165, 1.54) is 5.56 Å². The molecule has 0 aliphatic rings. The van der Waals surface area contributed by atoms with Crippen molar-refractivity contribution in [3.05, 3.63) is 103 Å². The Balaban J connectivity index is 1.74. The Morgan fingerprint density at radius 2 is 1.26 bits per heavy atom. The van der Waals surface area contributed by atoms with Gasteiger partial charge in [-0.25, -0.2) is 0 Å². The largest absolute Gasteiger partial charge is 0.254 e. The molecule has 0 aliphatic heterocycles. The van der Waals surface area contributed by atoms with Gasteiger partial charge in [0.25, 0.3) is 0 Å². The molecule has 0 saturated heterocycles. The molecule has 0 heterocycles. The lowest BCUT2D eigenvalue weighted by Gasteiger charge is -2.08. The standard InChI is InChI=1S/C21H18OS/c1-17(23(22)16-18-8-4-2-5-9-18)19-12-14-21(15-13-19)20-10-6-3-7-11-20/h2-15H,1,16H2/t23-/m0/s1. The number of hydrogen-bond acceptors (Lipinski definition) is 1. The highest BCUT2D eigenvalue weighted by Gasteiger charge is 2.09. The summed E-state index contributed by atoms with van der Waals surface area (Å²) in [5.41, 5.74) is 4.32. The van der Waals surface area contributed by atoms with Gasteiger partial charge in [-0.15, -0.1) is 0 Å². The molecule has 3 aromatic rings. The Morgan fingerprint density at radius 3 is 1.87 bits per heavy atom. The molecule has 23 heavy (non-hydrogen) atoms. The molecule has 2 heteroatoms. The Labute approximate surface area is 139 Å². The van der Waals surface area contributed by atoms with Crippen molar-refractivity contribution < 1.29 is 4.21 Å². The molecule has 1 atom stereocenters. The maximum absolute atomic E-state index is 12.5. The van der Waals surface area contributed by atoms with Crippen LogP contribution in [0.25, 0.3) is 16.0 Å². The van der Waals surface area contributed by atoms with E-state index in [1.54, 1.807) is 0 Å². The summed E-state index contributed by atoms with van der Waals surface area (Å²) >= 11 is 0. The lowest BCUT2D eigenvalue weighted by atomic mass is 10.0. The van der Waals surface area contributed by atoms with Crippen LogP contribution in [0, 0.1) is 0 Å². The predicted octanol–water partition coefficient (Wildman–Crippen LogP) is 5.27. The lowest BCUT2D eigenvalue weighted by Crippen LogP contribution is -1.97. The lowest BCUT2D eigenvalue weighted by molar-refractivity contribution is 0.688. The minimum atomic E-state index is -1.11. The van der Waals surface area contributed by atoms with Crippen molar-refractivity contribution in [2.45, 2.75) is 5.75 Å². The first kappa shape index (κ1) is 15.4. The second-order valence-electron chi connectivity index (χ2n) is 5.34. The Morgan fingerprint density at radius 1 is 0.739 bits per heavy atom. The van der Waals surface area contributed by atoms with E-state index in [0.29, 0.717) is 10.7 Å². The van der Waals surface area contributed by atoms with Gasteiger partial charge in [-0.1, -0.05) is 91.5 Å². The first-order valence-electron chi connectivity index (χ1n) is 7.51. The van der Waals surface area contributed by atoms with Crippen LogP contribution >= 0.6 is 0 Å². The maximum Gasteiger partial charge on any atom is 0.0574 e. The van der Waals surface area contributed by atoms with Crippen molar-refractivity contribution in [3.63, 3.8) is 0 Å². The van der Waals surface area contributed by atoms with Gasteiger partial charge in [0.15, 0.2) is 0 Å². The molecule has 0 bridgehead atoms. The summed E-state index contributed by atoms with van der Waals surface area (Å²) < 4.78 is 12.5. The highest BCUT2D eigenvalue weighted by Crippen LogP contribution is 2.24. The summed E-state index contributed by atoms with van der Waals surface area (Å²) in [6.07, 6.45) is 0. The zero-order valence-corrected chi connectivity index (χ0v) is 13.6. The van der Waals surface area contributed by atoms with Crippen LogP contribution in [0.2, 0.25) is 0 Å². The second kappa shape index (κ2) is 7.21. The third-order valence-electron chi connectivity index (χ3n) is 3.73. The quantitative estimate of drug-likeness (QED) is 0.626. The van der Waals surface area contributed by atoms with E-state index in [2.05, 4.69) is 30.8 Å². The van der Waals surface area contributed by atoms with Crippen molar-refractivity contribution >= 4 is 15.7 Å². The molecule has 0 fully saturated rings. The van der Waals surface area contributed by atoms with Crippen molar-refractivity contribution in [3.8, 4) is 11.1 Å². The summed E-state index contributed by atoms with van der Waals surface area (Å²) in [6.45, 7) is 4.02. The van der Waals surface area contributed by atoms with Crippen LogP contribution in [-0.4, -0.2) is 4.21 Å². The van der Waals surface area contributed by atoms with Gasteiger partial charge < -0.3 is 0 Å². The Bertz CT molecular complexity index is 805. The average Bonchev–Trinajstić information content (AvgIpc) is 2.63. The zero-order chi connectivity index (χ0) is 16.1. The van der Waals surface area contributed by atoms with Gasteiger partial charge in [0.2, 0.25) is 0 Å². The van der Waals surface area contributed by atoms with E-state index in [1.807, 2.05) is 60.7 Å². The first-order chi connectivity index (χ1) is 11.2. The summed E-state index contributed by atoms with van der Waals surface area (Å²) in [7, 11) is -1.11. The first-order valence-corrected chi connectivity index (χ1v) is 8.83. The van der Waals surface area contributed by atoms with Crippen LogP contribution in [0.5, 0.6) is 0 Å². The monoisotopic (exact) mass is 318 g/mol. The van der Waals surface area contributed by atoms with Crippen molar-refractivity contribution in [1.82, 2.24) is 0 Å².